The summed E-state index contributed by atoms with van der Waals surface area (Å²) in [5.41, 5.74) is 0. The van der Waals surface area contributed by atoms with Gasteiger partial charge in [-0.25, -0.2) is 9.59 Å². The van der Waals surface area contributed by atoms with Gasteiger partial charge in [0.15, 0.2) is 50.3 Å². The van der Waals surface area contributed by atoms with Crippen LogP contribution in [0.2, 0.25) is 0 Å². The number of Topliss-reactive ketones (excluding diaryl/α,β-unsaturated/α-hetero) is 1. The number of carbonyl (C=O) groups excluding carboxylic acids is 4. The lowest BCUT2D eigenvalue weighted by Crippen LogP contribution is -2.68. The maximum Gasteiger partial charge on any atom is 0.364 e. The molecule has 0 bridgehead atoms. The van der Waals surface area contributed by atoms with Crippen LogP contribution in [-0.4, -0.2) is 607 Å². The summed E-state index contributed by atoms with van der Waals surface area (Å²) in [4.78, 5) is 75.4. The molecule has 11 aliphatic heterocycles. The van der Waals surface area contributed by atoms with E-state index in [0.29, 0.717) is 5.75 Å². The summed E-state index contributed by atoms with van der Waals surface area (Å²) in [6.07, 6.45) is -103. The number of hydrogen-bond donors (Lipinski definition) is 35. The Kier molecular flexibility index (Phi) is 45.6. The molecule has 150 heavy (non-hydrogen) atoms. The van der Waals surface area contributed by atoms with Crippen LogP contribution >= 0.6 is 11.8 Å². The standard InChI is InChI=1S/C87H145N3O59S/c1-24(29(6)99)22-150-23-45(106)90-75-25(2)48(107)66(38(15-95)132-75)141-76-26(3)49(108)69(41(18-98)135-76)144-81-65(124)72(145-83-74(62(121)55(114)37(14-94)134-83)147-78-28(5)51(110)68(40(17-97)137-78)143-80-64(123)60(119)57(116)44(140-80)21-131-87(85(127)128)10-33(103)47(89-31(8)101)71(149-87)53(112)35(105)12-92)58(117)42(138-81)19-129-82-73(61(120)54(113)36(13-93)133-82)146-77-27(4)50(109)67(39(16-96)136-77)142-79-63(122)59(118)56(115)43(139-79)20-130-86(84(125)126)9-32(102)46(88-30(7)100)70(148-86)52(111)34(104)11-91/h24-28,32-44,46-83,91-98,102-105,107-124H,9-23H2,1-8H3,(H,88,100)(H,89,101)(H,90,106)(H,125,126)(H,127,128)/t24?,25-,26-,27?,28-,32+,33+,34+,35+,36?,37+,38?,39-,40?,41?,42?,43?,44?,46+,47+,48?,49?,50?,51?,52+,53+,54+,55+,56-,57-,58+,59?,60?,61?,62?,63-,64?,65+,66+,67+,68+,69+,70?,71?,72?,73?,74?,75+,76-,77-,78-,79-,80-,81-,82-,83+,86+,87+/m0/s1. The molecular weight excluding hydrogens is 2060 g/mol. The maximum atomic E-state index is 13.1. The Balaban J connectivity index is 0.839. The van der Waals surface area contributed by atoms with Crippen molar-refractivity contribution in [2.45, 2.75) is 393 Å². The average Bonchev–Trinajstić information content (AvgIpc) is 0.763. The van der Waals surface area contributed by atoms with E-state index >= 15 is 0 Å². The van der Waals surface area contributed by atoms with Gasteiger partial charge in [-0.1, -0.05) is 34.6 Å². The molecule has 63 heteroatoms. The van der Waals surface area contributed by atoms with Gasteiger partial charge in [0, 0.05) is 62.0 Å². The number of thioether (sulfide) groups is 1. The van der Waals surface area contributed by atoms with Crippen LogP contribution < -0.4 is 16.0 Å². The van der Waals surface area contributed by atoms with Crippen LogP contribution in [0.4, 0.5) is 0 Å². The number of ketones is 1. The second kappa shape index (κ2) is 54.5. The molecule has 23 unspecified atom stereocenters. The highest BCUT2D eigenvalue weighted by Gasteiger charge is 2.64. The summed E-state index contributed by atoms with van der Waals surface area (Å²) >= 11 is 1.15. The van der Waals surface area contributed by atoms with Gasteiger partial charge in [-0.15, -0.1) is 0 Å². The molecule has 62 nitrogen and oxygen atoms in total. The summed E-state index contributed by atoms with van der Waals surface area (Å²) in [6, 6.07) is -3.31. The first kappa shape index (κ1) is 125. The van der Waals surface area contributed by atoms with Gasteiger partial charge < -0.3 is 279 Å². The van der Waals surface area contributed by atoms with Gasteiger partial charge in [-0.2, -0.15) is 11.8 Å². The number of carboxylic acids is 2. The van der Waals surface area contributed by atoms with E-state index in [1.165, 1.54) is 34.6 Å². The molecule has 11 fully saturated rings. The average molecular weight is 2210 g/mol. The lowest BCUT2D eigenvalue weighted by atomic mass is 9.88. The number of amides is 3. The molecule has 11 aliphatic rings. The Morgan fingerprint density at radius 2 is 0.653 bits per heavy atom. The molecule has 0 aliphatic carbocycles. The molecule has 0 aromatic rings. The highest BCUT2D eigenvalue weighted by atomic mass is 32.2. The van der Waals surface area contributed by atoms with Gasteiger partial charge in [0.05, 0.1) is 127 Å². The van der Waals surface area contributed by atoms with Crippen molar-refractivity contribution in [3.05, 3.63) is 0 Å². The summed E-state index contributed by atoms with van der Waals surface area (Å²) < 4.78 is 126. The number of nitrogens with one attached hydrogen (secondary N) is 3. The Hall–Kier alpha value is -4.67. The van der Waals surface area contributed by atoms with Crippen LogP contribution in [0.1, 0.15) is 68.2 Å². The number of hydrogen-bond acceptors (Lipinski definition) is 58. The largest absolute Gasteiger partial charge is 0.477 e. The van der Waals surface area contributed by atoms with Crippen LogP contribution in [0.3, 0.4) is 0 Å². The molecule has 868 valence electrons. The van der Waals surface area contributed by atoms with E-state index in [-0.39, 0.29) is 17.5 Å². The third-order valence-corrected chi connectivity index (χ3v) is 29.9. The van der Waals surface area contributed by atoms with E-state index in [1.807, 2.05) is 0 Å². The van der Waals surface area contributed by atoms with Crippen molar-refractivity contribution in [1.82, 2.24) is 16.0 Å². The van der Waals surface area contributed by atoms with E-state index in [9.17, 15) is 192 Å². The molecule has 0 aromatic heterocycles. The molecule has 3 amide bonds. The molecule has 0 aromatic carbocycles. The second-order valence-electron chi connectivity index (χ2n) is 39.3. The molecule has 0 spiro atoms. The zero-order valence-electron chi connectivity index (χ0n) is 82.2. The Morgan fingerprint density at radius 3 is 1.01 bits per heavy atom. The third kappa shape index (κ3) is 27.9. The van der Waals surface area contributed by atoms with Crippen molar-refractivity contribution in [1.29, 1.82) is 0 Å². The molecular formula is C87H145N3O59S. The van der Waals surface area contributed by atoms with Gasteiger partial charge in [-0.3, -0.25) is 19.2 Å². The zero-order chi connectivity index (χ0) is 111. The predicted molar refractivity (Wildman–Crippen MR) is 476 cm³/mol. The fraction of sp³-hybridized carbons (Fsp3) is 0.931. The Morgan fingerprint density at radius 1 is 0.340 bits per heavy atom. The fourth-order valence-corrected chi connectivity index (χ4v) is 20.3. The minimum atomic E-state index is -3.07. The summed E-state index contributed by atoms with van der Waals surface area (Å²) in [5, 5.41) is 367. The number of aliphatic hydroxyl groups is 30. The topological polar surface area (TPSA) is 980 Å². The maximum absolute atomic E-state index is 13.1. The molecule has 0 radical (unpaired) electrons. The van der Waals surface area contributed by atoms with Gasteiger partial charge in [0.2, 0.25) is 17.7 Å². The first-order valence-corrected chi connectivity index (χ1v) is 49.8. The van der Waals surface area contributed by atoms with E-state index < -0.39 is 463 Å². The highest BCUT2D eigenvalue weighted by molar-refractivity contribution is 7.99. The van der Waals surface area contributed by atoms with Gasteiger partial charge in [-0.05, 0) is 6.92 Å². The number of carbonyl (C=O) groups is 6. The summed E-state index contributed by atoms with van der Waals surface area (Å²) in [5.74, 6) is -18.2. The van der Waals surface area contributed by atoms with Crippen molar-refractivity contribution in [3.8, 4) is 0 Å². The second-order valence-corrected chi connectivity index (χ2v) is 40.4. The molecule has 58 atom stereocenters. The third-order valence-electron chi connectivity index (χ3n) is 28.7. The normalized spacial score (nSPS) is 46.8. The highest BCUT2D eigenvalue weighted by Crippen LogP contribution is 2.45. The summed E-state index contributed by atoms with van der Waals surface area (Å²) in [7, 11) is 0. The van der Waals surface area contributed by atoms with Crippen molar-refractivity contribution in [3.63, 3.8) is 0 Å². The predicted octanol–water partition coefficient (Wildman–Crippen LogP) is -20.1. The number of rotatable bonds is 45. The SMILES string of the molecule is CC(=O)N[C@H]1C([C@H](O)[C@H](O)CO)O[C@@](OCC2O[C@@H](O[C@@H]3C(CO)O[C@@H](OC4C(O)[C@H](O)[C@@H](CO)O[C@@H]4OC4[C@H](O)C(CO[C@H]5OC(CO)[C@@H](O)C(O)C5O[C@@H]5O[C@@H](CO)[C@@H](O[C@@H]6OC(CO[C@]7(C(=O)O)C[C@@H](O)[C@@H](NC(C)=O)C([C@H](O)[C@H](O)CO)O7)[C@H](O)C(O)[C@@H]6O)C(O)C5C)O[C@@H](O[C@@H]5C(CO)O[C@@H](O[C@@H]6C(CO)O[C@@H](NC(=O)CSCC(C)C(C)=O)[C@@H](C)C6O)[C@@H](C)C5O)[C@@H]4O)[C@@H](C)C3O)C(O)C(O)[C@H]2O)(C(=O)O)C[C@H]1O. The number of ether oxygens (including phenoxy) is 21. The van der Waals surface area contributed by atoms with Crippen LogP contribution in [0.15, 0.2) is 0 Å². The molecule has 0 saturated carbocycles. The smallest absolute Gasteiger partial charge is 0.364 e. The minimum absolute atomic E-state index is 0.107. The Bertz CT molecular complexity index is 4240. The molecule has 11 heterocycles. The van der Waals surface area contributed by atoms with Crippen LogP contribution in [0, 0.1) is 29.6 Å². The van der Waals surface area contributed by atoms with Crippen LogP contribution in [0.5, 0.6) is 0 Å². The molecule has 35 N–H and O–H groups in total. The molecule has 11 rings (SSSR count). The van der Waals surface area contributed by atoms with Crippen molar-refractivity contribution < 1.29 is 292 Å². The van der Waals surface area contributed by atoms with Gasteiger partial charge in [0.25, 0.3) is 11.6 Å². The minimum Gasteiger partial charge on any atom is -0.477 e. The quantitative estimate of drug-likeness (QED) is 0.0269. The zero-order valence-corrected chi connectivity index (χ0v) is 83.0. The lowest BCUT2D eigenvalue weighted by molar-refractivity contribution is -0.402. The van der Waals surface area contributed by atoms with Crippen LogP contribution in [0.25, 0.3) is 0 Å². The molecule has 11 saturated heterocycles. The van der Waals surface area contributed by atoms with Crippen LogP contribution in [-0.2, 0) is 128 Å². The first-order valence-electron chi connectivity index (χ1n) is 48.6. The summed E-state index contributed by atoms with van der Waals surface area (Å²) in [6.45, 7) is -2.27. The fourth-order valence-electron chi connectivity index (χ4n) is 19.3. The van der Waals surface area contributed by atoms with E-state index in [1.54, 1.807) is 6.92 Å². The van der Waals surface area contributed by atoms with E-state index in [0.717, 1.165) is 25.6 Å². The number of aliphatic carboxylic acids is 2. The van der Waals surface area contributed by atoms with E-state index in [4.69, 9.17) is 99.5 Å². The first-order chi connectivity index (χ1) is 70.7. The van der Waals surface area contributed by atoms with Crippen molar-refractivity contribution in [2.75, 3.05) is 84.2 Å². The van der Waals surface area contributed by atoms with E-state index in [2.05, 4.69) is 16.0 Å². The number of aliphatic hydroxyl groups excluding tert-OH is 30. The monoisotopic (exact) mass is 2210 g/mol. The van der Waals surface area contributed by atoms with Crippen molar-refractivity contribution in [2.24, 2.45) is 29.6 Å². The van der Waals surface area contributed by atoms with Crippen molar-refractivity contribution >= 4 is 47.2 Å². The Labute approximate surface area is 858 Å². The van der Waals surface area contributed by atoms with Gasteiger partial charge in [0.1, 0.15) is 220 Å². The lowest BCUT2D eigenvalue weighted by Gasteiger charge is -2.51. The van der Waals surface area contributed by atoms with Gasteiger partial charge >= 0.3 is 11.9 Å². The number of carboxylic acid groups (broad SMARTS) is 2.